The van der Waals surface area contributed by atoms with Gasteiger partial charge in [0.15, 0.2) is 0 Å². The zero-order chi connectivity index (χ0) is 14.3. The number of hydrogen-bond acceptors (Lipinski definition) is 8. The first-order valence-corrected chi connectivity index (χ1v) is 3.63. The topological polar surface area (TPSA) is 161 Å². The van der Waals surface area contributed by atoms with Gasteiger partial charge in [-0.25, -0.2) is 0 Å². The van der Waals surface area contributed by atoms with Gasteiger partial charge in [0.25, 0.3) is 0 Å². The van der Waals surface area contributed by atoms with Crippen molar-refractivity contribution in [2.45, 2.75) is 27.7 Å². The molecule has 0 aliphatic rings. The summed E-state index contributed by atoms with van der Waals surface area (Å²) in [5.41, 5.74) is 0. The summed E-state index contributed by atoms with van der Waals surface area (Å²) >= 11 is 0. The Bertz CT molecular complexity index is 174. The van der Waals surface area contributed by atoms with Gasteiger partial charge in [-0.3, -0.25) is 0 Å². The Balaban J connectivity index is -0.0000000150. The van der Waals surface area contributed by atoms with Gasteiger partial charge >= 0.3 is 140 Å². The smallest absolute Gasteiger partial charge is 0.550 e. The van der Waals surface area contributed by atoms with Crippen LogP contribution < -0.4 is 160 Å². The van der Waals surface area contributed by atoms with E-state index in [1.165, 1.54) is 0 Å². The predicted molar refractivity (Wildman–Crippen MR) is 42.7 cm³/mol. The van der Waals surface area contributed by atoms with E-state index >= 15 is 0 Å². The molecular weight excluding hydrogens is 332 g/mol. The minimum Gasteiger partial charge on any atom is -0.550 e. The van der Waals surface area contributed by atoms with E-state index < -0.39 is 23.9 Å². The van der Waals surface area contributed by atoms with Crippen LogP contribution in [-0.2, 0) is 19.2 Å². The van der Waals surface area contributed by atoms with Crippen LogP contribution in [0.1, 0.15) is 27.7 Å². The van der Waals surface area contributed by atoms with Crippen molar-refractivity contribution in [2.75, 3.05) is 0 Å². The minimum absolute atomic E-state index is 0. The molecule has 0 aliphatic carbocycles. The van der Waals surface area contributed by atoms with E-state index in [0.717, 1.165) is 27.7 Å². The van der Waals surface area contributed by atoms with Crippen LogP contribution in [0.15, 0.2) is 0 Å². The molecular formula is C8H12KNa3O8. The molecule has 0 spiro atoms. The number of hydrogen-bond donors (Lipinski definition) is 0. The van der Waals surface area contributed by atoms with Gasteiger partial charge in [0.2, 0.25) is 0 Å². The van der Waals surface area contributed by atoms with E-state index in [1.54, 1.807) is 0 Å². The molecule has 8 nitrogen and oxygen atoms in total. The molecule has 0 N–H and O–H groups in total. The second-order valence-corrected chi connectivity index (χ2v) is 1.97. The molecule has 0 saturated carbocycles. The third-order valence-electron chi connectivity index (χ3n) is 0. The second kappa shape index (κ2) is 43.0. The van der Waals surface area contributed by atoms with Crippen LogP contribution in [0.2, 0.25) is 0 Å². The molecule has 0 aliphatic heterocycles. The molecule has 0 saturated heterocycles. The van der Waals surface area contributed by atoms with Crippen LogP contribution in [-0.4, -0.2) is 23.9 Å². The summed E-state index contributed by atoms with van der Waals surface area (Å²) in [4.78, 5) is 35.6. The summed E-state index contributed by atoms with van der Waals surface area (Å²) in [7, 11) is 0. The summed E-state index contributed by atoms with van der Waals surface area (Å²) < 4.78 is 0. The standard InChI is InChI=1S/4C2H4O2.K.3Na/c4*1-2(3)4;;;;/h4*1H3,(H,3,4);;;;/q;;;;4*+1/p-4. The number of carbonyl (C=O) groups is 4. The largest absolute Gasteiger partial charge is 1.00 e. The average molecular weight is 344 g/mol. The van der Waals surface area contributed by atoms with Crippen molar-refractivity contribution in [3.05, 3.63) is 0 Å². The third-order valence-corrected chi connectivity index (χ3v) is 0. The van der Waals surface area contributed by atoms with Gasteiger partial charge < -0.3 is 39.6 Å². The van der Waals surface area contributed by atoms with Crippen LogP contribution >= 0.6 is 0 Å². The van der Waals surface area contributed by atoms with Gasteiger partial charge in [-0.1, -0.05) is 0 Å². The van der Waals surface area contributed by atoms with E-state index in [2.05, 4.69) is 0 Å². The zero-order valence-electron chi connectivity index (χ0n) is 13.3. The Morgan fingerprint density at radius 3 is 0.500 bits per heavy atom. The quantitative estimate of drug-likeness (QED) is 0.391. The monoisotopic (exact) mass is 344 g/mol. The summed E-state index contributed by atoms with van der Waals surface area (Å²) in [5, 5.41) is 35.6. The SMILES string of the molecule is CC(=O)[O-].CC(=O)[O-].CC(=O)[O-].CC(=O)[O-].[K+].[Na+].[Na+].[Na+]. The fourth-order valence-corrected chi connectivity index (χ4v) is 0. The zero-order valence-corrected chi connectivity index (χ0v) is 22.4. The van der Waals surface area contributed by atoms with Crippen molar-refractivity contribution in [1.82, 2.24) is 0 Å². The van der Waals surface area contributed by atoms with E-state index in [0.29, 0.717) is 0 Å². The van der Waals surface area contributed by atoms with Crippen LogP contribution in [0.25, 0.3) is 0 Å². The molecule has 0 amide bonds. The molecule has 0 radical (unpaired) electrons. The Morgan fingerprint density at radius 1 is 0.500 bits per heavy atom. The maximum atomic E-state index is 8.89. The maximum Gasteiger partial charge on any atom is 1.00 e. The molecule has 0 aromatic heterocycles. The van der Waals surface area contributed by atoms with Crippen molar-refractivity contribution in [3.8, 4) is 0 Å². The summed E-state index contributed by atoms with van der Waals surface area (Å²) in [6, 6.07) is 0. The number of carbonyl (C=O) groups excluding carboxylic acids is 4. The Kier molecular flexibility index (Phi) is 106. The fraction of sp³-hybridized carbons (Fsp3) is 0.500. The molecule has 20 heavy (non-hydrogen) atoms. The van der Waals surface area contributed by atoms with E-state index in [1.807, 2.05) is 0 Å². The van der Waals surface area contributed by atoms with Gasteiger partial charge in [0, 0.05) is 23.9 Å². The third kappa shape index (κ3) is 1230. The maximum absolute atomic E-state index is 8.89. The molecule has 12 heteroatoms. The molecule has 0 atom stereocenters. The minimum atomic E-state index is -1.08. The number of rotatable bonds is 0. The van der Waals surface area contributed by atoms with Crippen LogP contribution in [0.5, 0.6) is 0 Å². The molecule has 0 rings (SSSR count). The first-order chi connectivity index (χ1) is 6.93. The Labute approximate surface area is 226 Å². The predicted octanol–water partition coefficient (Wildman–Crippen LogP) is -17.0. The average Bonchev–Trinajstić information content (AvgIpc) is 1.76. The van der Waals surface area contributed by atoms with Gasteiger partial charge in [0.1, 0.15) is 0 Å². The van der Waals surface area contributed by atoms with Crippen LogP contribution in [0.4, 0.5) is 0 Å². The van der Waals surface area contributed by atoms with Crippen LogP contribution in [0, 0.1) is 0 Å². The molecule has 0 heterocycles. The van der Waals surface area contributed by atoms with E-state index in [4.69, 9.17) is 39.6 Å². The van der Waals surface area contributed by atoms with Gasteiger partial charge in [-0.05, 0) is 27.7 Å². The van der Waals surface area contributed by atoms with Crippen molar-refractivity contribution < 1.29 is 180 Å². The van der Waals surface area contributed by atoms with Gasteiger partial charge in [0.05, 0.1) is 0 Å². The fourth-order valence-electron chi connectivity index (χ4n) is 0. The molecule has 0 aromatic carbocycles. The van der Waals surface area contributed by atoms with E-state index in [9.17, 15) is 0 Å². The number of carboxylic acid groups (broad SMARTS) is 4. The molecule has 0 fully saturated rings. The molecule has 0 aromatic rings. The molecule has 0 unspecified atom stereocenters. The molecule has 0 bridgehead atoms. The molecule has 96 valence electrons. The summed E-state index contributed by atoms with van der Waals surface area (Å²) in [6.07, 6.45) is 0. The summed E-state index contributed by atoms with van der Waals surface area (Å²) in [5.74, 6) is -4.33. The normalized spacial score (nSPS) is 5.00. The van der Waals surface area contributed by atoms with E-state index in [-0.39, 0.29) is 140 Å². The Morgan fingerprint density at radius 2 is 0.500 bits per heavy atom. The van der Waals surface area contributed by atoms with Crippen LogP contribution in [0.3, 0.4) is 0 Å². The first-order valence-electron chi connectivity index (χ1n) is 3.63. The Hall–Kier alpha value is 2.52. The summed E-state index contributed by atoms with van der Waals surface area (Å²) in [6.45, 7) is 3.89. The van der Waals surface area contributed by atoms with Crippen molar-refractivity contribution >= 4 is 23.9 Å². The van der Waals surface area contributed by atoms with Gasteiger partial charge in [-0.2, -0.15) is 0 Å². The number of carboxylic acids is 4. The first kappa shape index (κ1) is 49.5. The van der Waals surface area contributed by atoms with Crippen molar-refractivity contribution in [2.24, 2.45) is 0 Å². The number of aliphatic carboxylic acids is 4. The van der Waals surface area contributed by atoms with Crippen molar-refractivity contribution in [1.29, 1.82) is 0 Å². The second-order valence-electron chi connectivity index (χ2n) is 1.97. The van der Waals surface area contributed by atoms with Crippen molar-refractivity contribution in [3.63, 3.8) is 0 Å². The van der Waals surface area contributed by atoms with Gasteiger partial charge in [-0.15, -0.1) is 0 Å².